The number of likely N-dealkylation sites (tertiary alicyclic amines) is 1. The zero-order valence-corrected chi connectivity index (χ0v) is 17.3. The highest BCUT2D eigenvalue weighted by molar-refractivity contribution is 5.78. The molecule has 0 aromatic rings. The molecule has 29 heavy (non-hydrogen) atoms. The Bertz CT molecular complexity index is 631. The van der Waals surface area contributed by atoms with Gasteiger partial charge in [0.1, 0.15) is 0 Å². The van der Waals surface area contributed by atoms with Crippen molar-refractivity contribution in [2.45, 2.75) is 75.6 Å². The van der Waals surface area contributed by atoms with Crippen molar-refractivity contribution >= 4 is 5.91 Å². The molecule has 0 aromatic heterocycles. The number of alkyl halides is 3. The monoisotopic (exact) mass is 418 g/mol. The van der Waals surface area contributed by atoms with Crippen LogP contribution in [-0.2, 0) is 9.53 Å². The molecule has 0 bridgehead atoms. The molecule has 166 valence electrons. The Balaban J connectivity index is 1.49. The topological polar surface area (TPSA) is 53.0 Å². The van der Waals surface area contributed by atoms with Gasteiger partial charge in [0.15, 0.2) is 0 Å². The van der Waals surface area contributed by atoms with Crippen molar-refractivity contribution in [1.82, 2.24) is 9.80 Å². The molecule has 5 nitrogen and oxygen atoms in total. The highest BCUT2D eigenvalue weighted by Crippen LogP contribution is 2.53. The molecule has 4 fully saturated rings. The molecular formula is C21H33F3N2O3. The summed E-state index contributed by atoms with van der Waals surface area (Å²) in [6.07, 6.45) is 0.849. The SMILES string of the molecule is C[C@H](CC(F)(F)F)C(=O)N1CCC(O)(CN2CCOCC23CC3)C2(CCCC2)C1. The van der Waals surface area contributed by atoms with Crippen LogP contribution >= 0.6 is 0 Å². The van der Waals surface area contributed by atoms with Gasteiger partial charge >= 0.3 is 6.18 Å². The molecule has 2 spiro atoms. The van der Waals surface area contributed by atoms with Crippen molar-refractivity contribution in [2.75, 3.05) is 39.4 Å². The average molecular weight is 419 g/mol. The predicted octanol–water partition coefficient (Wildman–Crippen LogP) is 2.96. The normalized spacial score (nSPS) is 32.7. The third-order valence-electron chi connectivity index (χ3n) is 7.93. The number of nitrogens with zero attached hydrogens (tertiary/aromatic N) is 2. The van der Waals surface area contributed by atoms with E-state index in [2.05, 4.69) is 4.90 Å². The van der Waals surface area contributed by atoms with Crippen molar-refractivity contribution in [3.63, 3.8) is 0 Å². The standard InChI is InChI=1S/C21H33F3N2O3/c1-16(12-21(22,23)24)17(27)25-9-8-20(28,18(13-25)4-2-3-5-18)14-26-10-11-29-15-19(26)6-7-19/h16,28H,2-15H2,1H3/t16-,20?/m1/s1. The zero-order valence-electron chi connectivity index (χ0n) is 17.3. The van der Waals surface area contributed by atoms with Crippen molar-refractivity contribution in [1.29, 1.82) is 0 Å². The molecule has 2 aliphatic carbocycles. The van der Waals surface area contributed by atoms with Gasteiger partial charge in [0.2, 0.25) is 5.91 Å². The van der Waals surface area contributed by atoms with Gasteiger partial charge in [-0.2, -0.15) is 13.2 Å². The lowest BCUT2D eigenvalue weighted by atomic mass is 9.65. The fourth-order valence-corrected chi connectivity index (χ4v) is 5.97. The van der Waals surface area contributed by atoms with Crippen molar-refractivity contribution in [3.05, 3.63) is 0 Å². The maximum Gasteiger partial charge on any atom is 0.389 e. The quantitative estimate of drug-likeness (QED) is 0.763. The van der Waals surface area contributed by atoms with E-state index in [1.807, 2.05) is 0 Å². The number of β-amino-alcohol motifs (C(OH)–C–C–N with tert-alkyl or cyclic N) is 1. The molecule has 2 saturated carbocycles. The summed E-state index contributed by atoms with van der Waals surface area (Å²) in [7, 11) is 0. The first-order valence-electron chi connectivity index (χ1n) is 11.0. The molecule has 4 rings (SSSR count). The van der Waals surface area contributed by atoms with Crippen LogP contribution < -0.4 is 0 Å². The second-order valence-corrected chi connectivity index (χ2v) is 9.95. The molecule has 2 heterocycles. The van der Waals surface area contributed by atoms with Crippen LogP contribution in [0.3, 0.4) is 0 Å². The summed E-state index contributed by atoms with van der Waals surface area (Å²) in [6.45, 7) is 4.85. The molecule has 2 saturated heterocycles. The van der Waals surface area contributed by atoms with Crippen LogP contribution in [0.5, 0.6) is 0 Å². The van der Waals surface area contributed by atoms with Gasteiger partial charge in [-0.05, 0) is 32.1 Å². The highest BCUT2D eigenvalue weighted by atomic mass is 19.4. The number of carbonyl (C=O) groups is 1. The number of hydrogen-bond acceptors (Lipinski definition) is 4. The second-order valence-electron chi connectivity index (χ2n) is 9.95. The predicted molar refractivity (Wildman–Crippen MR) is 101 cm³/mol. The molecule has 0 radical (unpaired) electrons. The summed E-state index contributed by atoms with van der Waals surface area (Å²) < 4.78 is 44.0. The van der Waals surface area contributed by atoms with Gasteiger partial charge in [0, 0.05) is 43.1 Å². The van der Waals surface area contributed by atoms with E-state index in [4.69, 9.17) is 4.74 Å². The first-order chi connectivity index (χ1) is 13.6. The molecule has 1 unspecified atom stereocenters. The van der Waals surface area contributed by atoms with Crippen LogP contribution in [0.15, 0.2) is 0 Å². The number of rotatable bonds is 4. The third-order valence-corrected chi connectivity index (χ3v) is 7.93. The summed E-state index contributed by atoms with van der Waals surface area (Å²) in [5.41, 5.74) is -1.24. The van der Waals surface area contributed by atoms with Gasteiger partial charge in [0.05, 0.1) is 25.2 Å². The van der Waals surface area contributed by atoms with Gasteiger partial charge < -0.3 is 14.7 Å². The van der Waals surface area contributed by atoms with E-state index in [1.54, 1.807) is 4.90 Å². The maximum absolute atomic E-state index is 12.8. The van der Waals surface area contributed by atoms with E-state index < -0.39 is 35.4 Å². The van der Waals surface area contributed by atoms with Crippen molar-refractivity contribution in [3.8, 4) is 0 Å². The molecule has 8 heteroatoms. The van der Waals surface area contributed by atoms with E-state index in [0.717, 1.165) is 51.7 Å². The molecule has 1 N–H and O–H groups in total. The van der Waals surface area contributed by atoms with Gasteiger partial charge in [-0.15, -0.1) is 0 Å². The first-order valence-corrected chi connectivity index (χ1v) is 11.0. The molecular weight excluding hydrogens is 385 g/mol. The number of carbonyl (C=O) groups excluding carboxylic acids is 1. The van der Waals surface area contributed by atoms with Gasteiger partial charge in [-0.1, -0.05) is 19.8 Å². The van der Waals surface area contributed by atoms with Crippen molar-refractivity contribution < 1.29 is 27.8 Å². The Hall–Kier alpha value is -0.860. The first kappa shape index (κ1) is 21.4. The molecule has 2 atom stereocenters. The number of piperidine rings is 1. The number of aliphatic hydroxyl groups is 1. The van der Waals surface area contributed by atoms with Crippen LogP contribution in [-0.4, -0.2) is 77.5 Å². The maximum atomic E-state index is 12.8. The number of halogens is 3. The second kappa shape index (κ2) is 7.38. The Morgan fingerprint density at radius 2 is 1.83 bits per heavy atom. The summed E-state index contributed by atoms with van der Waals surface area (Å²) in [6, 6.07) is 0. The lowest BCUT2D eigenvalue weighted by Crippen LogP contribution is -2.66. The molecule has 4 aliphatic rings. The Morgan fingerprint density at radius 1 is 1.14 bits per heavy atom. The lowest BCUT2D eigenvalue weighted by molar-refractivity contribution is -0.178. The summed E-state index contributed by atoms with van der Waals surface area (Å²) >= 11 is 0. The van der Waals surface area contributed by atoms with Crippen LogP contribution in [0.2, 0.25) is 0 Å². The van der Waals surface area contributed by atoms with E-state index in [0.29, 0.717) is 32.7 Å². The average Bonchev–Trinajstić information content (AvgIpc) is 3.25. The number of ether oxygens (including phenoxy) is 1. The minimum atomic E-state index is -4.34. The number of hydrogen-bond donors (Lipinski definition) is 1. The molecule has 2 aliphatic heterocycles. The van der Waals surface area contributed by atoms with Gasteiger partial charge in [0.25, 0.3) is 0 Å². The van der Waals surface area contributed by atoms with Crippen LogP contribution in [0.4, 0.5) is 13.2 Å². The number of morpholine rings is 1. The lowest BCUT2D eigenvalue weighted by Gasteiger charge is -2.55. The Labute approximate surface area is 170 Å². The van der Waals surface area contributed by atoms with Crippen LogP contribution in [0, 0.1) is 11.3 Å². The summed E-state index contributed by atoms with van der Waals surface area (Å²) in [5, 5.41) is 11.9. The van der Waals surface area contributed by atoms with Crippen LogP contribution in [0.1, 0.15) is 58.3 Å². The number of amides is 1. The fraction of sp³-hybridized carbons (Fsp3) is 0.952. The Morgan fingerprint density at radius 3 is 2.45 bits per heavy atom. The molecule has 1 amide bonds. The smallest absolute Gasteiger partial charge is 0.388 e. The summed E-state index contributed by atoms with van der Waals surface area (Å²) in [4.78, 5) is 16.7. The summed E-state index contributed by atoms with van der Waals surface area (Å²) in [5.74, 6) is -1.51. The van der Waals surface area contributed by atoms with E-state index in [-0.39, 0.29) is 5.54 Å². The van der Waals surface area contributed by atoms with E-state index in [9.17, 15) is 23.1 Å². The van der Waals surface area contributed by atoms with E-state index in [1.165, 1.54) is 6.92 Å². The molecule has 0 aromatic carbocycles. The van der Waals surface area contributed by atoms with Crippen molar-refractivity contribution in [2.24, 2.45) is 11.3 Å². The highest BCUT2D eigenvalue weighted by Gasteiger charge is 2.59. The largest absolute Gasteiger partial charge is 0.389 e. The van der Waals surface area contributed by atoms with Crippen LogP contribution in [0.25, 0.3) is 0 Å². The Kier molecular flexibility index (Phi) is 5.44. The van der Waals surface area contributed by atoms with Gasteiger partial charge in [-0.25, -0.2) is 0 Å². The minimum absolute atomic E-state index is 0.0714. The zero-order chi connectivity index (χ0) is 20.9. The fourth-order valence-electron chi connectivity index (χ4n) is 5.97. The van der Waals surface area contributed by atoms with Gasteiger partial charge in [-0.3, -0.25) is 9.69 Å². The minimum Gasteiger partial charge on any atom is -0.388 e. The third kappa shape index (κ3) is 4.04. The van der Waals surface area contributed by atoms with E-state index >= 15 is 0 Å².